The first-order chi connectivity index (χ1) is 13.4. The molecule has 0 unspecified atom stereocenters. The maximum atomic E-state index is 12.6. The molecule has 4 nitrogen and oxygen atoms in total. The lowest BCUT2D eigenvalue weighted by atomic mass is 9.87. The Morgan fingerprint density at radius 1 is 0.931 bits per heavy atom. The highest BCUT2D eigenvalue weighted by Crippen LogP contribution is 2.24. The number of para-hydroxylation sites is 2. The molecule has 0 saturated carbocycles. The van der Waals surface area contributed by atoms with E-state index in [9.17, 15) is 4.79 Å². The minimum Gasteiger partial charge on any atom is -0.338 e. The monoisotopic (exact) mass is 405 g/mol. The summed E-state index contributed by atoms with van der Waals surface area (Å²) in [5, 5.41) is 2.98. The Morgan fingerprint density at radius 3 is 2.34 bits per heavy atom. The maximum Gasteiger partial charge on any atom is 0.255 e. The fraction of sp³-hybridized carbons (Fsp3) is 0.167. The number of halogens is 1. The largest absolute Gasteiger partial charge is 0.338 e. The summed E-state index contributed by atoms with van der Waals surface area (Å²) < 4.78 is 0. The van der Waals surface area contributed by atoms with Gasteiger partial charge in [-0.3, -0.25) is 4.79 Å². The molecule has 0 fully saturated rings. The van der Waals surface area contributed by atoms with Gasteiger partial charge in [0.25, 0.3) is 5.91 Å². The third kappa shape index (κ3) is 4.49. The van der Waals surface area contributed by atoms with E-state index in [1.807, 2.05) is 72.8 Å². The van der Waals surface area contributed by atoms with Crippen molar-refractivity contribution in [1.82, 2.24) is 9.97 Å². The molecule has 5 heteroatoms. The van der Waals surface area contributed by atoms with Crippen LogP contribution in [0.3, 0.4) is 0 Å². The van der Waals surface area contributed by atoms with Crippen molar-refractivity contribution in [2.75, 3.05) is 5.32 Å². The molecule has 3 aromatic carbocycles. The van der Waals surface area contributed by atoms with Crippen molar-refractivity contribution in [1.29, 1.82) is 0 Å². The number of rotatable bonds is 3. The molecule has 29 heavy (non-hydrogen) atoms. The lowest BCUT2D eigenvalue weighted by Gasteiger charge is -2.19. The molecule has 0 spiro atoms. The van der Waals surface area contributed by atoms with E-state index < -0.39 is 0 Å². The Balaban J connectivity index is 0.00000240. The number of nitrogens with one attached hydrogen (secondary N) is 2. The summed E-state index contributed by atoms with van der Waals surface area (Å²) in [7, 11) is 0. The second kappa shape index (κ2) is 8.10. The number of hydrogen-bond donors (Lipinski definition) is 2. The van der Waals surface area contributed by atoms with Gasteiger partial charge in [0.1, 0.15) is 5.82 Å². The molecule has 0 aliphatic carbocycles. The number of amides is 1. The maximum absolute atomic E-state index is 12.6. The number of aromatic amines is 1. The van der Waals surface area contributed by atoms with Crippen LogP contribution >= 0.6 is 12.4 Å². The Labute approximate surface area is 176 Å². The highest BCUT2D eigenvalue weighted by atomic mass is 35.5. The van der Waals surface area contributed by atoms with Crippen molar-refractivity contribution in [2.24, 2.45) is 0 Å². The predicted octanol–water partition coefficient (Wildman–Crippen LogP) is 6.20. The normalized spacial score (nSPS) is 11.1. The van der Waals surface area contributed by atoms with E-state index in [-0.39, 0.29) is 23.7 Å². The van der Waals surface area contributed by atoms with Crippen molar-refractivity contribution < 1.29 is 4.79 Å². The Morgan fingerprint density at radius 2 is 1.66 bits per heavy atom. The Kier molecular flexibility index (Phi) is 5.76. The lowest BCUT2D eigenvalue weighted by molar-refractivity contribution is 0.102. The van der Waals surface area contributed by atoms with Gasteiger partial charge in [-0.05, 0) is 47.4 Å². The van der Waals surface area contributed by atoms with E-state index in [1.54, 1.807) is 0 Å². The summed E-state index contributed by atoms with van der Waals surface area (Å²) in [5.74, 6) is 0.661. The molecular formula is C24H24ClN3O. The number of benzene rings is 3. The van der Waals surface area contributed by atoms with Crippen LogP contribution in [-0.4, -0.2) is 15.9 Å². The predicted molar refractivity (Wildman–Crippen MR) is 122 cm³/mol. The van der Waals surface area contributed by atoms with Crippen molar-refractivity contribution in [3.8, 4) is 11.4 Å². The van der Waals surface area contributed by atoms with Crippen LogP contribution in [-0.2, 0) is 5.41 Å². The molecular weight excluding hydrogens is 382 g/mol. The third-order valence-electron chi connectivity index (χ3n) is 4.80. The second-order valence-corrected chi connectivity index (χ2v) is 7.96. The first kappa shape index (κ1) is 20.6. The van der Waals surface area contributed by atoms with E-state index in [0.717, 1.165) is 28.1 Å². The van der Waals surface area contributed by atoms with Gasteiger partial charge in [0.2, 0.25) is 0 Å². The van der Waals surface area contributed by atoms with Crippen molar-refractivity contribution >= 4 is 35.0 Å². The summed E-state index contributed by atoms with van der Waals surface area (Å²) in [5.41, 5.74) is 5.49. The molecule has 0 aliphatic heterocycles. The molecule has 0 saturated heterocycles. The zero-order valence-corrected chi connectivity index (χ0v) is 17.5. The van der Waals surface area contributed by atoms with Crippen LogP contribution in [0.15, 0.2) is 72.8 Å². The van der Waals surface area contributed by atoms with Crippen LogP contribution in [0.25, 0.3) is 22.4 Å². The van der Waals surface area contributed by atoms with Gasteiger partial charge in [0.15, 0.2) is 0 Å². The van der Waals surface area contributed by atoms with Gasteiger partial charge in [0.05, 0.1) is 11.0 Å². The van der Waals surface area contributed by atoms with Crippen molar-refractivity contribution in [3.05, 3.63) is 83.9 Å². The van der Waals surface area contributed by atoms with Crippen LogP contribution in [0, 0.1) is 0 Å². The summed E-state index contributed by atoms with van der Waals surface area (Å²) in [6.07, 6.45) is 0. The van der Waals surface area contributed by atoms with Gasteiger partial charge in [0, 0.05) is 16.8 Å². The quantitative estimate of drug-likeness (QED) is 0.426. The zero-order valence-electron chi connectivity index (χ0n) is 16.7. The van der Waals surface area contributed by atoms with Crippen LogP contribution < -0.4 is 5.32 Å². The number of carbonyl (C=O) groups excluding carboxylic acids is 1. The van der Waals surface area contributed by atoms with Crippen LogP contribution in [0.2, 0.25) is 0 Å². The SMILES string of the molecule is CC(C)(C)c1ccc(C(=O)Nc2cccc(-c3nc4ccccc4[nH]3)c2)cc1.Cl. The molecule has 0 radical (unpaired) electrons. The molecule has 148 valence electrons. The number of nitrogens with zero attached hydrogens (tertiary/aromatic N) is 1. The summed E-state index contributed by atoms with van der Waals surface area (Å²) >= 11 is 0. The van der Waals surface area contributed by atoms with Gasteiger partial charge >= 0.3 is 0 Å². The third-order valence-corrected chi connectivity index (χ3v) is 4.80. The number of imidazole rings is 1. The average Bonchev–Trinajstić information content (AvgIpc) is 3.12. The van der Waals surface area contributed by atoms with E-state index in [2.05, 4.69) is 36.1 Å². The van der Waals surface area contributed by atoms with E-state index in [1.165, 1.54) is 5.56 Å². The van der Waals surface area contributed by atoms with Gasteiger partial charge in [-0.1, -0.05) is 57.2 Å². The minimum absolute atomic E-state index is 0. The van der Waals surface area contributed by atoms with Crippen LogP contribution in [0.1, 0.15) is 36.7 Å². The van der Waals surface area contributed by atoms with E-state index >= 15 is 0 Å². The molecule has 2 N–H and O–H groups in total. The zero-order chi connectivity index (χ0) is 19.7. The molecule has 4 rings (SSSR count). The second-order valence-electron chi connectivity index (χ2n) is 7.96. The lowest BCUT2D eigenvalue weighted by Crippen LogP contribution is -2.14. The van der Waals surface area contributed by atoms with Crippen LogP contribution in [0.4, 0.5) is 5.69 Å². The van der Waals surface area contributed by atoms with Gasteiger partial charge in [-0.25, -0.2) is 4.98 Å². The van der Waals surface area contributed by atoms with Gasteiger partial charge < -0.3 is 10.3 Å². The smallest absolute Gasteiger partial charge is 0.255 e. The molecule has 0 aliphatic rings. The van der Waals surface area contributed by atoms with E-state index in [4.69, 9.17) is 0 Å². The number of fused-ring (bicyclic) bond motifs is 1. The average molecular weight is 406 g/mol. The summed E-state index contributed by atoms with van der Waals surface area (Å²) in [6.45, 7) is 6.48. The summed E-state index contributed by atoms with van der Waals surface area (Å²) in [4.78, 5) is 20.6. The fourth-order valence-electron chi connectivity index (χ4n) is 3.16. The minimum atomic E-state index is -0.123. The molecule has 1 heterocycles. The first-order valence-corrected chi connectivity index (χ1v) is 9.37. The van der Waals surface area contributed by atoms with Gasteiger partial charge in [-0.15, -0.1) is 12.4 Å². The Bertz CT molecular complexity index is 1110. The topological polar surface area (TPSA) is 57.8 Å². The fourth-order valence-corrected chi connectivity index (χ4v) is 3.16. The molecule has 4 aromatic rings. The first-order valence-electron chi connectivity index (χ1n) is 9.37. The number of hydrogen-bond acceptors (Lipinski definition) is 2. The summed E-state index contributed by atoms with van der Waals surface area (Å²) in [6, 6.07) is 23.4. The molecule has 1 amide bonds. The van der Waals surface area contributed by atoms with Crippen molar-refractivity contribution in [2.45, 2.75) is 26.2 Å². The highest BCUT2D eigenvalue weighted by Gasteiger charge is 2.14. The number of carbonyl (C=O) groups is 1. The molecule has 0 bridgehead atoms. The van der Waals surface area contributed by atoms with Crippen molar-refractivity contribution in [3.63, 3.8) is 0 Å². The van der Waals surface area contributed by atoms with Crippen LogP contribution in [0.5, 0.6) is 0 Å². The molecule has 0 atom stereocenters. The highest BCUT2D eigenvalue weighted by molar-refractivity contribution is 6.04. The van der Waals surface area contributed by atoms with Gasteiger partial charge in [-0.2, -0.15) is 0 Å². The van der Waals surface area contributed by atoms with E-state index in [0.29, 0.717) is 5.56 Å². The number of anilines is 1. The standard InChI is InChI=1S/C24H23N3O.ClH/c1-24(2,3)18-13-11-16(12-14-18)23(28)25-19-8-6-7-17(15-19)22-26-20-9-4-5-10-21(20)27-22;/h4-15H,1-3H3,(H,25,28)(H,26,27);1H. The number of H-pyrrole nitrogens is 1. The molecule has 1 aromatic heterocycles. The Hall–Kier alpha value is -3.11. The number of aromatic nitrogens is 2.